The maximum atomic E-state index is 6.21. The van der Waals surface area contributed by atoms with Crippen molar-refractivity contribution < 1.29 is 4.74 Å². The van der Waals surface area contributed by atoms with Crippen LogP contribution in [-0.2, 0) is 0 Å². The molecule has 4 heteroatoms. The van der Waals surface area contributed by atoms with Crippen LogP contribution >= 0.6 is 11.6 Å². The molecule has 19 heavy (non-hydrogen) atoms. The van der Waals surface area contributed by atoms with Crippen molar-refractivity contribution in [2.45, 2.75) is 37.8 Å². The monoisotopic (exact) mass is 280 g/mol. The van der Waals surface area contributed by atoms with Crippen LogP contribution in [0.2, 0.25) is 5.02 Å². The third-order valence-corrected chi connectivity index (χ3v) is 4.27. The molecule has 1 heterocycles. The number of ether oxygens (including phenoxy) is 1. The zero-order chi connectivity index (χ0) is 13.2. The summed E-state index contributed by atoms with van der Waals surface area (Å²) in [6, 6.07) is 7.48. The van der Waals surface area contributed by atoms with Gasteiger partial charge in [-0.2, -0.15) is 0 Å². The summed E-state index contributed by atoms with van der Waals surface area (Å²) < 4.78 is 5.21. The molecule has 1 aliphatic heterocycles. The number of nitrogens with one attached hydrogen (secondary N) is 1. The lowest BCUT2D eigenvalue weighted by Gasteiger charge is -2.35. The average Bonchev–Trinajstić information content (AvgIpc) is 3.23. The van der Waals surface area contributed by atoms with Crippen LogP contribution in [0, 0.1) is 0 Å². The number of anilines is 1. The molecule has 1 unspecified atom stereocenters. The van der Waals surface area contributed by atoms with Gasteiger partial charge in [-0.15, -0.1) is 0 Å². The molecule has 2 fully saturated rings. The molecule has 0 bridgehead atoms. The van der Waals surface area contributed by atoms with Crippen LogP contribution in [0.5, 0.6) is 5.75 Å². The molecule has 1 N–H and O–H groups in total. The number of piperidine rings is 1. The van der Waals surface area contributed by atoms with Crippen LogP contribution in [0.15, 0.2) is 18.2 Å². The van der Waals surface area contributed by atoms with Crippen molar-refractivity contribution in [2.24, 2.45) is 0 Å². The fourth-order valence-corrected chi connectivity index (χ4v) is 3.03. The maximum Gasteiger partial charge on any atom is 0.137 e. The molecule has 1 aliphatic carbocycles. The minimum absolute atomic E-state index is 0.627. The summed E-state index contributed by atoms with van der Waals surface area (Å²) in [5.74, 6) is 0.745. The van der Waals surface area contributed by atoms with Crippen molar-refractivity contribution in [3.8, 4) is 5.75 Å². The quantitative estimate of drug-likeness (QED) is 0.917. The van der Waals surface area contributed by atoms with Crippen LogP contribution in [-0.4, -0.2) is 32.3 Å². The molecule has 1 saturated carbocycles. The first-order valence-corrected chi connectivity index (χ1v) is 7.48. The molecule has 3 rings (SSSR count). The van der Waals surface area contributed by atoms with Gasteiger partial charge in [0.1, 0.15) is 5.75 Å². The normalized spacial score (nSPS) is 23.5. The lowest BCUT2D eigenvalue weighted by molar-refractivity contribution is 0.413. The third kappa shape index (κ3) is 3.15. The second-order valence-electron chi connectivity index (χ2n) is 5.54. The van der Waals surface area contributed by atoms with Gasteiger partial charge >= 0.3 is 0 Å². The smallest absolute Gasteiger partial charge is 0.137 e. The number of halogens is 1. The first-order chi connectivity index (χ1) is 9.26. The standard InChI is InChI=1S/C15H21ClN2O/c1-19-15-7-6-13(9-14(15)16)18-8-2-3-12(10-18)17-11-4-5-11/h6-7,9,11-12,17H,2-5,8,10H2,1H3. The molecular weight excluding hydrogens is 260 g/mol. The van der Waals surface area contributed by atoms with E-state index in [1.165, 1.54) is 31.4 Å². The third-order valence-electron chi connectivity index (χ3n) is 3.97. The summed E-state index contributed by atoms with van der Waals surface area (Å²) in [5, 5.41) is 4.42. The summed E-state index contributed by atoms with van der Waals surface area (Å²) in [4.78, 5) is 2.43. The minimum atomic E-state index is 0.627. The largest absolute Gasteiger partial charge is 0.495 e. The van der Waals surface area contributed by atoms with E-state index in [9.17, 15) is 0 Å². The molecule has 1 aromatic carbocycles. The van der Waals surface area contributed by atoms with Crippen LogP contribution in [0.1, 0.15) is 25.7 Å². The Bertz CT molecular complexity index is 448. The van der Waals surface area contributed by atoms with E-state index < -0.39 is 0 Å². The van der Waals surface area contributed by atoms with E-state index in [0.717, 1.165) is 24.9 Å². The van der Waals surface area contributed by atoms with E-state index in [4.69, 9.17) is 16.3 Å². The van der Waals surface area contributed by atoms with Gasteiger partial charge < -0.3 is 15.0 Å². The number of hydrogen-bond acceptors (Lipinski definition) is 3. The summed E-state index contributed by atoms with van der Waals surface area (Å²) in [5.41, 5.74) is 1.20. The minimum Gasteiger partial charge on any atom is -0.495 e. The fraction of sp³-hybridized carbons (Fsp3) is 0.600. The van der Waals surface area contributed by atoms with Gasteiger partial charge in [0, 0.05) is 30.9 Å². The lowest BCUT2D eigenvalue weighted by atomic mass is 10.0. The fourth-order valence-electron chi connectivity index (χ4n) is 2.78. The van der Waals surface area contributed by atoms with E-state index in [2.05, 4.69) is 16.3 Å². The van der Waals surface area contributed by atoms with Gasteiger partial charge in [-0.3, -0.25) is 0 Å². The van der Waals surface area contributed by atoms with Gasteiger partial charge in [-0.05, 0) is 43.9 Å². The summed E-state index contributed by atoms with van der Waals surface area (Å²) in [7, 11) is 1.65. The van der Waals surface area contributed by atoms with Crippen LogP contribution in [0.3, 0.4) is 0 Å². The first-order valence-electron chi connectivity index (χ1n) is 7.11. The van der Waals surface area contributed by atoms with Crippen LogP contribution < -0.4 is 15.0 Å². The Morgan fingerprint density at radius 2 is 2.11 bits per heavy atom. The zero-order valence-corrected chi connectivity index (χ0v) is 12.1. The Hall–Kier alpha value is -0.930. The molecule has 0 radical (unpaired) electrons. The number of methoxy groups -OCH3 is 1. The van der Waals surface area contributed by atoms with Crippen molar-refractivity contribution in [1.82, 2.24) is 5.32 Å². The molecular formula is C15H21ClN2O. The predicted molar refractivity (Wildman–Crippen MR) is 79.4 cm³/mol. The van der Waals surface area contributed by atoms with Crippen molar-refractivity contribution in [1.29, 1.82) is 0 Å². The highest BCUT2D eigenvalue weighted by Crippen LogP contribution is 2.31. The Kier molecular flexibility index (Phi) is 3.85. The summed E-state index contributed by atoms with van der Waals surface area (Å²) >= 11 is 6.21. The molecule has 2 aliphatic rings. The molecule has 0 spiro atoms. The van der Waals surface area contributed by atoms with E-state index in [1.807, 2.05) is 12.1 Å². The highest BCUT2D eigenvalue weighted by Gasteiger charge is 2.27. The SMILES string of the molecule is COc1ccc(N2CCCC(NC3CC3)C2)cc1Cl. The lowest BCUT2D eigenvalue weighted by Crippen LogP contribution is -2.46. The highest BCUT2D eigenvalue weighted by molar-refractivity contribution is 6.32. The number of rotatable bonds is 4. The van der Waals surface area contributed by atoms with Crippen molar-refractivity contribution >= 4 is 17.3 Å². The molecule has 0 amide bonds. The van der Waals surface area contributed by atoms with Crippen molar-refractivity contribution in [3.05, 3.63) is 23.2 Å². The second-order valence-corrected chi connectivity index (χ2v) is 5.95. The van der Waals surface area contributed by atoms with Gasteiger partial charge in [0.2, 0.25) is 0 Å². The summed E-state index contributed by atoms with van der Waals surface area (Å²) in [6.45, 7) is 2.20. The van der Waals surface area contributed by atoms with Gasteiger partial charge in [0.25, 0.3) is 0 Å². The van der Waals surface area contributed by atoms with E-state index in [0.29, 0.717) is 11.1 Å². The Balaban J connectivity index is 1.68. The van der Waals surface area contributed by atoms with Gasteiger partial charge in [-0.1, -0.05) is 11.6 Å². The van der Waals surface area contributed by atoms with E-state index in [-0.39, 0.29) is 0 Å². The Labute approximate surface area is 119 Å². The van der Waals surface area contributed by atoms with Crippen molar-refractivity contribution in [2.75, 3.05) is 25.1 Å². The summed E-state index contributed by atoms with van der Waals surface area (Å²) in [6.07, 6.45) is 5.24. The van der Waals surface area contributed by atoms with Crippen LogP contribution in [0.25, 0.3) is 0 Å². The first kappa shape index (κ1) is 13.1. The molecule has 104 valence electrons. The topological polar surface area (TPSA) is 24.5 Å². The molecule has 0 aromatic heterocycles. The molecule has 1 aromatic rings. The number of hydrogen-bond donors (Lipinski definition) is 1. The zero-order valence-electron chi connectivity index (χ0n) is 11.4. The maximum absolute atomic E-state index is 6.21. The average molecular weight is 281 g/mol. The van der Waals surface area contributed by atoms with Gasteiger partial charge in [0.05, 0.1) is 12.1 Å². The Morgan fingerprint density at radius 1 is 1.26 bits per heavy atom. The van der Waals surface area contributed by atoms with Crippen LogP contribution in [0.4, 0.5) is 5.69 Å². The van der Waals surface area contributed by atoms with Gasteiger partial charge in [-0.25, -0.2) is 0 Å². The Morgan fingerprint density at radius 3 is 2.79 bits per heavy atom. The van der Waals surface area contributed by atoms with Crippen molar-refractivity contribution in [3.63, 3.8) is 0 Å². The van der Waals surface area contributed by atoms with Gasteiger partial charge in [0.15, 0.2) is 0 Å². The molecule has 1 atom stereocenters. The second kappa shape index (κ2) is 5.59. The number of benzene rings is 1. The van der Waals surface area contributed by atoms with E-state index in [1.54, 1.807) is 7.11 Å². The van der Waals surface area contributed by atoms with E-state index >= 15 is 0 Å². The molecule has 3 nitrogen and oxygen atoms in total. The highest BCUT2D eigenvalue weighted by atomic mass is 35.5. The predicted octanol–water partition coefficient (Wildman–Crippen LogP) is 3.07. The number of nitrogens with zero attached hydrogens (tertiary/aromatic N) is 1. The molecule has 1 saturated heterocycles.